The highest BCUT2D eigenvalue weighted by atomic mass is 32.1. The van der Waals surface area contributed by atoms with Gasteiger partial charge >= 0.3 is 0 Å². The highest BCUT2D eigenvalue weighted by Gasteiger charge is 2.19. The van der Waals surface area contributed by atoms with Gasteiger partial charge in [0.1, 0.15) is 6.33 Å². The van der Waals surface area contributed by atoms with Gasteiger partial charge in [-0.2, -0.15) is 16.3 Å². The van der Waals surface area contributed by atoms with Crippen LogP contribution in [0.2, 0.25) is 0 Å². The van der Waals surface area contributed by atoms with Crippen molar-refractivity contribution in [1.29, 1.82) is 0 Å². The molecule has 0 aromatic carbocycles. The molecule has 3 aromatic heterocycles. The van der Waals surface area contributed by atoms with Crippen LogP contribution in [0, 0.1) is 0 Å². The number of rotatable bonds is 3. The summed E-state index contributed by atoms with van der Waals surface area (Å²) in [5.41, 5.74) is 3.33. The van der Waals surface area contributed by atoms with Crippen LogP contribution in [0.25, 0.3) is 11.4 Å². The largest absolute Gasteiger partial charge is 0.338 e. The van der Waals surface area contributed by atoms with Gasteiger partial charge in [0.05, 0.1) is 6.54 Å². The average Bonchev–Trinajstić information content (AvgIpc) is 3.18. The van der Waals surface area contributed by atoms with Crippen molar-refractivity contribution in [3.8, 4) is 11.4 Å². The molecule has 0 amide bonds. The summed E-state index contributed by atoms with van der Waals surface area (Å²) in [6.07, 6.45) is 4.43. The summed E-state index contributed by atoms with van der Waals surface area (Å²) in [4.78, 5) is 15.1. The summed E-state index contributed by atoms with van der Waals surface area (Å²) >= 11 is 1.63. The summed E-state index contributed by atoms with van der Waals surface area (Å²) in [6.45, 7) is 2.43. The molecule has 0 saturated heterocycles. The molecule has 0 fully saturated rings. The van der Waals surface area contributed by atoms with Gasteiger partial charge in [0.25, 0.3) is 0 Å². The minimum atomic E-state index is 0.650. The fraction of sp³-hybridized carbons (Fsp3) is 0.286. The van der Waals surface area contributed by atoms with Crippen LogP contribution in [0.5, 0.6) is 0 Å². The molecule has 0 radical (unpaired) electrons. The number of hydrogen-bond acceptors (Lipinski definition) is 7. The van der Waals surface area contributed by atoms with E-state index in [1.807, 2.05) is 23.0 Å². The Labute approximate surface area is 125 Å². The van der Waals surface area contributed by atoms with Crippen molar-refractivity contribution in [3.63, 3.8) is 0 Å². The maximum absolute atomic E-state index is 5.35. The lowest BCUT2D eigenvalue weighted by molar-refractivity contribution is 0.208. The van der Waals surface area contributed by atoms with Crippen molar-refractivity contribution in [2.24, 2.45) is 0 Å². The number of hydrogen-bond donors (Lipinski definition) is 0. The second-order valence-corrected chi connectivity index (χ2v) is 5.76. The predicted octanol–water partition coefficient (Wildman–Crippen LogP) is 2.15. The summed E-state index contributed by atoms with van der Waals surface area (Å²) in [5.74, 6) is 1.31. The second-order valence-electron chi connectivity index (χ2n) is 4.98. The molecule has 7 heteroatoms. The number of nitrogens with zero attached hydrogens (tertiary/aromatic N) is 5. The van der Waals surface area contributed by atoms with E-state index in [4.69, 9.17) is 4.52 Å². The molecule has 0 unspecified atom stereocenters. The maximum Gasteiger partial charge on any atom is 0.241 e. The van der Waals surface area contributed by atoms with Gasteiger partial charge in [-0.1, -0.05) is 5.16 Å². The Morgan fingerprint density at radius 3 is 3.29 bits per heavy atom. The standard InChI is InChI=1S/C14H13N5OS/c1-3-19(6-11-5-15-9-16-12(1)11)7-13-17-14(18-20-13)10-2-4-21-8-10/h2,4-5,8-9H,1,3,6-7H2. The summed E-state index contributed by atoms with van der Waals surface area (Å²) in [6, 6.07) is 1.99. The second kappa shape index (κ2) is 5.34. The number of fused-ring (bicyclic) bond motifs is 1. The first-order valence-corrected chi connectivity index (χ1v) is 7.68. The van der Waals surface area contributed by atoms with Crippen molar-refractivity contribution in [3.05, 3.63) is 46.5 Å². The van der Waals surface area contributed by atoms with E-state index >= 15 is 0 Å². The zero-order valence-corrected chi connectivity index (χ0v) is 12.1. The Morgan fingerprint density at radius 2 is 2.38 bits per heavy atom. The zero-order valence-electron chi connectivity index (χ0n) is 11.3. The summed E-state index contributed by atoms with van der Waals surface area (Å²) in [5, 5.41) is 8.06. The molecule has 4 rings (SSSR count). The first-order valence-electron chi connectivity index (χ1n) is 6.74. The van der Waals surface area contributed by atoms with Gasteiger partial charge in [-0.3, -0.25) is 4.90 Å². The fourth-order valence-electron chi connectivity index (χ4n) is 2.48. The Kier molecular flexibility index (Phi) is 3.21. The molecule has 1 aliphatic rings. The van der Waals surface area contributed by atoms with Gasteiger partial charge in [-0.05, 0) is 11.4 Å². The lowest BCUT2D eigenvalue weighted by atomic mass is 10.1. The van der Waals surface area contributed by atoms with Crippen LogP contribution in [0.15, 0.2) is 33.9 Å². The molecule has 0 spiro atoms. The van der Waals surface area contributed by atoms with E-state index in [1.165, 1.54) is 5.56 Å². The number of thiophene rings is 1. The van der Waals surface area contributed by atoms with Gasteiger partial charge in [-0.25, -0.2) is 9.97 Å². The van der Waals surface area contributed by atoms with Gasteiger partial charge < -0.3 is 4.52 Å². The minimum Gasteiger partial charge on any atom is -0.338 e. The minimum absolute atomic E-state index is 0.650. The predicted molar refractivity (Wildman–Crippen MR) is 77.5 cm³/mol. The third kappa shape index (κ3) is 2.57. The van der Waals surface area contributed by atoms with Crippen LogP contribution < -0.4 is 0 Å². The maximum atomic E-state index is 5.35. The molecular weight excluding hydrogens is 286 g/mol. The van der Waals surface area contributed by atoms with Crippen LogP contribution in [0.1, 0.15) is 17.1 Å². The normalized spacial score (nSPS) is 15.0. The van der Waals surface area contributed by atoms with Crippen LogP contribution in [-0.4, -0.2) is 31.6 Å². The fourth-order valence-corrected chi connectivity index (χ4v) is 3.11. The van der Waals surface area contributed by atoms with Gasteiger partial charge in [-0.15, -0.1) is 0 Å². The molecule has 3 aromatic rings. The van der Waals surface area contributed by atoms with Gasteiger partial charge in [0.2, 0.25) is 11.7 Å². The zero-order chi connectivity index (χ0) is 14.1. The van der Waals surface area contributed by atoms with Crippen molar-refractivity contribution >= 4 is 11.3 Å². The van der Waals surface area contributed by atoms with E-state index in [1.54, 1.807) is 17.7 Å². The highest BCUT2D eigenvalue weighted by molar-refractivity contribution is 7.08. The highest BCUT2D eigenvalue weighted by Crippen LogP contribution is 2.21. The summed E-state index contributed by atoms with van der Waals surface area (Å²) < 4.78 is 5.35. The van der Waals surface area contributed by atoms with E-state index in [9.17, 15) is 0 Å². The topological polar surface area (TPSA) is 67.9 Å². The van der Waals surface area contributed by atoms with Crippen molar-refractivity contribution in [2.75, 3.05) is 6.54 Å². The van der Waals surface area contributed by atoms with E-state index in [0.29, 0.717) is 18.3 Å². The molecule has 4 heterocycles. The summed E-state index contributed by atoms with van der Waals surface area (Å²) in [7, 11) is 0. The van der Waals surface area contributed by atoms with Crippen LogP contribution in [0.3, 0.4) is 0 Å². The van der Waals surface area contributed by atoms with Gasteiger partial charge in [0, 0.05) is 47.9 Å². The molecular formula is C14H13N5OS. The molecule has 6 nitrogen and oxygen atoms in total. The molecule has 0 bridgehead atoms. The van der Waals surface area contributed by atoms with E-state index < -0.39 is 0 Å². The smallest absolute Gasteiger partial charge is 0.241 e. The third-order valence-corrected chi connectivity index (χ3v) is 4.23. The Balaban J connectivity index is 1.48. The Bertz CT molecular complexity index is 739. The molecule has 106 valence electrons. The third-order valence-electron chi connectivity index (χ3n) is 3.55. The lowest BCUT2D eigenvalue weighted by Crippen LogP contribution is -2.30. The van der Waals surface area contributed by atoms with Crippen LogP contribution in [0.4, 0.5) is 0 Å². The Hall–Kier alpha value is -2.12. The van der Waals surface area contributed by atoms with Crippen molar-refractivity contribution in [1.82, 2.24) is 25.0 Å². The van der Waals surface area contributed by atoms with Crippen LogP contribution >= 0.6 is 11.3 Å². The quantitative estimate of drug-likeness (QED) is 0.738. The van der Waals surface area contributed by atoms with Crippen molar-refractivity contribution < 1.29 is 4.52 Å². The molecule has 1 aliphatic heterocycles. The monoisotopic (exact) mass is 299 g/mol. The lowest BCUT2D eigenvalue weighted by Gasteiger charge is -2.25. The van der Waals surface area contributed by atoms with E-state index in [2.05, 4.69) is 25.0 Å². The van der Waals surface area contributed by atoms with Crippen molar-refractivity contribution in [2.45, 2.75) is 19.5 Å². The average molecular weight is 299 g/mol. The van der Waals surface area contributed by atoms with Gasteiger partial charge in [0.15, 0.2) is 0 Å². The Morgan fingerprint density at radius 1 is 1.38 bits per heavy atom. The van der Waals surface area contributed by atoms with E-state index in [-0.39, 0.29) is 0 Å². The van der Waals surface area contributed by atoms with Crippen LogP contribution in [-0.2, 0) is 19.5 Å². The molecule has 0 atom stereocenters. The molecule has 0 N–H and O–H groups in total. The first kappa shape index (κ1) is 12.6. The first-order chi connectivity index (χ1) is 10.4. The number of aromatic nitrogens is 4. The molecule has 0 saturated carbocycles. The SMILES string of the molecule is c1ncc2c(n1)CCN(Cc1nc(-c3ccsc3)no1)C2. The molecule has 0 aliphatic carbocycles. The molecule has 21 heavy (non-hydrogen) atoms. The van der Waals surface area contributed by atoms with E-state index in [0.717, 1.165) is 30.8 Å².